The molecule has 2 heterocycles. The summed E-state index contributed by atoms with van der Waals surface area (Å²) in [7, 11) is 0. The first-order valence-corrected chi connectivity index (χ1v) is 9.22. The monoisotopic (exact) mass is 374 g/mol. The second-order valence-corrected chi connectivity index (χ2v) is 7.17. The fourth-order valence-electron chi connectivity index (χ4n) is 3.48. The van der Waals surface area contributed by atoms with Gasteiger partial charge < -0.3 is 9.88 Å². The van der Waals surface area contributed by atoms with E-state index in [1.54, 1.807) is 0 Å². The molecule has 1 N–H and O–H groups in total. The van der Waals surface area contributed by atoms with Crippen LogP contribution in [0.4, 0.5) is 5.69 Å². The number of aryl methyl sites for hydroxylation is 1. The highest BCUT2D eigenvalue weighted by atomic mass is 16.1. The third-order valence-electron chi connectivity index (χ3n) is 5.09. The van der Waals surface area contributed by atoms with Crippen molar-refractivity contribution in [1.29, 1.82) is 0 Å². The van der Waals surface area contributed by atoms with Gasteiger partial charge in [0.05, 0.1) is 22.5 Å². The molecule has 1 amide bonds. The molecule has 0 unspecified atom stereocenters. The summed E-state index contributed by atoms with van der Waals surface area (Å²) in [4.78, 5) is 13.2. The van der Waals surface area contributed by atoms with E-state index < -0.39 is 0 Å². The van der Waals surface area contributed by atoms with Gasteiger partial charge in [-0.2, -0.15) is 4.68 Å². The molecule has 0 atom stereocenters. The summed E-state index contributed by atoms with van der Waals surface area (Å²) in [5.41, 5.74) is 5.11. The molecule has 0 saturated heterocycles. The lowest BCUT2D eigenvalue weighted by molar-refractivity contribution is 0.102. The SMILES string of the molecule is Cc1ccc(C(=O)Nc2cccc3c2ccn3C(C)C)c(-n2cnnn2)c1C. The van der Waals surface area contributed by atoms with Gasteiger partial charge in [-0.3, -0.25) is 4.79 Å². The van der Waals surface area contributed by atoms with E-state index in [0.29, 0.717) is 17.3 Å². The van der Waals surface area contributed by atoms with Crippen LogP contribution in [-0.4, -0.2) is 30.7 Å². The van der Waals surface area contributed by atoms with Gasteiger partial charge >= 0.3 is 0 Å². The molecule has 0 aliphatic heterocycles. The lowest BCUT2D eigenvalue weighted by Crippen LogP contribution is -2.17. The molecule has 0 saturated carbocycles. The smallest absolute Gasteiger partial charge is 0.257 e. The van der Waals surface area contributed by atoms with Crippen LogP contribution in [0.5, 0.6) is 0 Å². The second-order valence-electron chi connectivity index (χ2n) is 7.17. The van der Waals surface area contributed by atoms with Crippen molar-refractivity contribution in [2.45, 2.75) is 33.7 Å². The minimum absolute atomic E-state index is 0.196. The summed E-state index contributed by atoms with van der Waals surface area (Å²) in [5, 5.41) is 15.5. The quantitative estimate of drug-likeness (QED) is 0.584. The second kappa shape index (κ2) is 6.92. The number of hydrogen-bond acceptors (Lipinski definition) is 4. The van der Waals surface area contributed by atoms with Gasteiger partial charge in [-0.15, -0.1) is 5.10 Å². The maximum Gasteiger partial charge on any atom is 0.257 e. The topological polar surface area (TPSA) is 77.6 Å². The highest BCUT2D eigenvalue weighted by Crippen LogP contribution is 2.28. The van der Waals surface area contributed by atoms with Gasteiger partial charge in [0.25, 0.3) is 5.91 Å². The number of fused-ring (bicyclic) bond motifs is 1. The predicted octanol–water partition coefficient (Wildman–Crippen LogP) is 4.07. The minimum Gasteiger partial charge on any atom is -0.345 e. The number of rotatable bonds is 4. The molecular weight excluding hydrogens is 352 g/mol. The van der Waals surface area contributed by atoms with Crippen LogP contribution in [0.25, 0.3) is 16.6 Å². The molecule has 142 valence electrons. The number of nitrogens with zero attached hydrogens (tertiary/aromatic N) is 5. The van der Waals surface area contributed by atoms with Crippen LogP contribution < -0.4 is 5.32 Å². The highest BCUT2D eigenvalue weighted by Gasteiger charge is 2.19. The van der Waals surface area contributed by atoms with E-state index >= 15 is 0 Å². The molecule has 0 bridgehead atoms. The number of nitrogens with one attached hydrogen (secondary N) is 1. The molecule has 4 aromatic rings. The van der Waals surface area contributed by atoms with E-state index in [4.69, 9.17) is 0 Å². The van der Waals surface area contributed by atoms with E-state index in [2.05, 4.69) is 45.3 Å². The summed E-state index contributed by atoms with van der Waals surface area (Å²) in [5.74, 6) is -0.196. The predicted molar refractivity (Wildman–Crippen MR) is 109 cm³/mol. The number of amides is 1. The molecule has 7 nitrogen and oxygen atoms in total. The van der Waals surface area contributed by atoms with Crippen molar-refractivity contribution >= 4 is 22.5 Å². The lowest BCUT2D eigenvalue weighted by Gasteiger charge is -2.15. The molecular formula is C21H22N6O. The van der Waals surface area contributed by atoms with Gasteiger partial charge in [0.1, 0.15) is 6.33 Å². The zero-order valence-electron chi connectivity index (χ0n) is 16.3. The molecule has 0 fully saturated rings. The van der Waals surface area contributed by atoms with Crippen LogP contribution in [0.1, 0.15) is 41.4 Å². The number of tetrazole rings is 1. The molecule has 2 aromatic carbocycles. The third-order valence-corrected chi connectivity index (χ3v) is 5.09. The highest BCUT2D eigenvalue weighted by molar-refractivity contribution is 6.10. The van der Waals surface area contributed by atoms with Crippen molar-refractivity contribution in [3.8, 4) is 5.69 Å². The minimum atomic E-state index is -0.196. The van der Waals surface area contributed by atoms with Crippen molar-refractivity contribution < 1.29 is 4.79 Å². The van der Waals surface area contributed by atoms with E-state index in [1.807, 2.05) is 50.4 Å². The number of aromatic nitrogens is 5. The zero-order valence-corrected chi connectivity index (χ0v) is 16.3. The number of anilines is 1. The molecule has 2 aromatic heterocycles. The summed E-state index contributed by atoms with van der Waals surface area (Å²) < 4.78 is 3.72. The van der Waals surface area contributed by atoms with Crippen molar-refractivity contribution in [3.05, 3.63) is 65.6 Å². The number of carbonyl (C=O) groups is 1. The summed E-state index contributed by atoms with van der Waals surface area (Å²) in [6.07, 6.45) is 3.55. The van der Waals surface area contributed by atoms with E-state index in [0.717, 1.165) is 27.7 Å². The van der Waals surface area contributed by atoms with Crippen LogP contribution in [-0.2, 0) is 0 Å². The molecule has 0 radical (unpaired) electrons. The third kappa shape index (κ3) is 2.94. The number of carbonyl (C=O) groups excluding carboxylic acids is 1. The van der Waals surface area contributed by atoms with Gasteiger partial charge in [0.15, 0.2) is 0 Å². The Kier molecular flexibility index (Phi) is 4.43. The molecule has 28 heavy (non-hydrogen) atoms. The Labute approximate surface area is 163 Å². The Balaban J connectivity index is 1.77. The number of benzene rings is 2. The van der Waals surface area contributed by atoms with Gasteiger partial charge in [0.2, 0.25) is 0 Å². The Morgan fingerprint density at radius 1 is 1.11 bits per heavy atom. The van der Waals surface area contributed by atoms with E-state index in [9.17, 15) is 4.79 Å². The average molecular weight is 374 g/mol. The standard InChI is InChI=1S/C21H22N6O/c1-13(2)26-11-10-16-18(6-5-7-19(16)26)23-21(28)17-9-8-14(3)15(4)20(17)27-12-22-24-25-27/h5-13H,1-4H3,(H,23,28). The van der Waals surface area contributed by atoms with Crippen LogP contribution in [0.2, 0.25) is 0 Å². The van der Waals surface area contributed by atoms with Crippen molar-refractivity contribution in [2.75, 3.05) is 5.32 Å². The molecule has 4 rings (SSSR count). The lowest BCUT2D eigenvalue weighted by atomic mass is 10.0. The van der Waals surface area contributed by atoms with Crippen molar-refractivity contribution in [3.63, 3.8) is 0 Å². The summed E-state index contributed by atoms with van der Waals surface area (Å²) >= 11 is 0. The summed E-state index contributed by atoms with van der Waals surface area (Å²) in [6, 6.07) is 12.1. The van der Waals surface area contributed by atoms with Gasteiger partial charge in [-0.1, -0.05) is 12.1 Å². The van der Waals surface area contributed by atoms with Gasteiger partial charge in [-0.25, -0.2) is 0 Å². The normalized spacial score (nSPS) is 11.3. The fraction of sp³-hybridized carbons (Fsp3) is 0.238. The molecule has 7 heteroatoms. The van der Waals surface area contributed by atoms with Crippen LogP contribution in [0.15, 0.2) is 48.9 Å². The van der Waals surface area contributed by atoms with Crippen LogP contribution in [0, 0.1) is 13.8 Å². The Morgan fingerprint density at radius 2 is 1.93 bits per heavy atom. The van der Waals surface area contributed by atoms with Crippen LogP contribution >= 0.6 is 0 Å². The summed E-state index contributed by atoms with van der Waals surface area (Å²) in [6.45, 7) is 8.24. The largest absolute Gasteiger partial charge is 0.345 e. The van der Waals surface area contributed by atoms with Gasteiger partial charge in [0, 0.05) is 17.6 Å². The zero-order chi connectivity index (χ0) is 19.8. The molecule has 0 aliphatic carbocycles. The maximum absolute atomic E-state index is 13.2. The average Bonchev–Trinajstić information content (AvgIpc) is 3.33. The number of hydrogen-bond donors (Lipinski definition) is 1. The Morgan fingerprint density at radius 3 is 2.64 bits per heavy atom. The van der Waals surface area contributed by atoms with Crippen molar-refractivity contribution in [2.24, 2.45) is 0 Å². The maximum atomic E-state index is 13.2. The van der Waals surface area contributed by atoms with E-state index in [1.165, 1.54) is 11.0 Å². The molecule has 0 spiro atoms. The van der Waals surface area contributed by atoms with Gasteiger partial charge in [-0.05, 0) is 73.5 Å². The molecule has 0 aliphatic rings. The van der Waals surface area contributed by atoms with Crippen molar-refractivity contribution in [1.82, 2.24) is 24.8 Å². The van der Waals surface area contributed by atoms with E-state index in [-0.39, 0.29) is 5.91 Å². The fourth-order valence-corrected chi connectivity index (χ4v) is 3.48. The van der Waals surface area contributed by atoms with Crippen LogP contribution in [0.3, 0.4) is 0 Å². The Bertz CT molecular complexity index is 1160. The first kappa shape index (κ1) is 17.9. The first-order chi connectivity index (χ1) is 13.5. The Hall–Kier alpha value is -3.48. The first-order valence-electron chi connectivity index (χ1n) is 9.22.